The van der Waals surface area contributed by atoms with Gasteiger partial charge in [0, 0.05) is 43.6 Å². The van der Waals surface area contributed by atoms with E-state index in [1.165, 1.54) is 40.6 Å². The number of hydrogen-bond donors (Lipinski definition) is 4. The monoisotopic (exact) mass is 913 g/mol. The Morgan fingerprint density at radius 1 is 0.788 bits per heavy atom. The maximum absolute atomic E-state index is 16.6. The summed E-state index contributed by atoms with van der Waals surface area (Å²) in [5.74, 6) is -4.16. The number of carbonyl (C=O) groups excluding carboxylic acids is 5. The van der Waals surface area contributed by atoms with Crippen molar-refractivity contribution >= 4 is 46.6 Å². The maximum Gasteiger partial charge on any atom is 0.407 e. The number of anilines is 1. The van der Waals surface area contributed by atoms with E-state index in [2.05, 4.69) is 27.9 Å². The minimum absolute atomic E-state index is 0.167. The molecule has 1 aromatic heterocycles. The average molecular weight is 914 g/mol. The molecule has 4 aliphatic rings. The molecule has 3 fully saturated rings. The van der Waals surface area contributed by atoms with E-state index in [0.29, 0.717) is 64.9 Å². The van der Waals surface area contributed by atoms with Crippen molar-refractivity contribution in [2.75, 3.05) is 40.3 Å². The molecule has 4 aromatic rings. The topological polar surface area (TPSA) is 194 Å². The number of alkyl carbamates (subject to hydrolysis) is 2. The molecule has 3 aromatic carbocycles. The van der Waals surface area contributed by atoms with E-state index in [9.17, 15) is 24.0 Å². The van der Waals surface area contributed by atoms with Gasteiger partial charge in [-0.05, 0) is 104 Å². The third-order valence-electron chi connectivity index (χ3n) is 14.3. The van der Waals surface area contributed by atoms with Crippen molar-refractivity contribution in [3.63, 3.8) is 0 Å². The van der Waals surface area contributed by atoms with Crippen molar-refractivity contribution in [1.82, 2.24) is 30.4 Å². The van der Waals surface area contributed by atoms with Crippen LogP contribution in [0.25, 0.3) is 33.3 Å². The number of nitrogens with one attached hydrogen (secondary N) is 4. The molecule has 352 valence electrons. The van der Waals surface area contributed by atoms with Crippen LogP contribution in [0.15, 0.2) is 54.6 Å². The van der Waals surface area contributed by atoms with Crippen LogP contribution in [0.1, 0.15) is 88.7 Å². The van der Waals surface area contributed by atoms with Gasteiger partial charge in [-0.2, -0.15) is 8.78 Å². The van der Waals surface area contributed by atoms with E-state index in [0.717, 1.165) is 25.7 Å². The molecule has 2 aliphatic heterocycles. The highest BCUT2D eigenvalue weighted by Crippen LogP contribution is 2.53. The Balaban J connectivity index is 1.02. The number of amides is 5. The zero-order valence-corrected chi connectivity index (χ0v) is 38.2. The Morgan fingerprint density at radius 3 is 2.08 bits per heavy atom. The fourth-order valence-electron chi connectivity index (χ4n) is 10.5. The molecule has 0 spiro atoms. The molecule has 8 atom stereocenters. The lowest BCUT2D eigenvalue weighted by atomic mass is 9.71. The van der Waals surface area contributed by atoms with E-state index in [1.807, 2.05) is 12.1 Å². The lowest BCUT2D eigenvalue weighted by Gasteiger charge is -2.41. The van der Waals surface area contributed by atoms with Gasteiger partial charge in [0.2, 0.25) is 17.7 Å². The zero-order valence-electron chi connectivity index (χ0n) is 38.2. The van der Waals surface area contributed by atoms with Gasteiger partial charge < -0.3 is 49.7 Å². The second-order valence-corrected chi connectivity index (χ2v) is 18.1. The summed E-state index contributed by atoms with van der Waals surface area (Å²) < 4.78 is 53.7. The normalized spacial score (nSPS) is 23.5. The summed E-state index contributed by atoms with van der Waals surface area (Å²) >= 11 is 0. The van der Waals surface area contributed by atoms with E-state index < -0.39 is 66.3 Å². The van der Waals surface area contributed by atoms with Gasteiger partial charge in [0.25, 0.3) is 5.92 Å². The van der Waals surface area contributed by atoms with Crippen LogP contribution >= 0.6 is 0 Å². The first-order valence-corrected chi connectivity index (χ1v) is 22.4. The van der Waals surface area contributed by atoms with Gasteiger partial charge in [-0.3, -0.25) is 14.4 Å². The Hall–Kier alpha value is -6.14. The molecule has 1 saturated carbocycles. The average Bonchev–Trinajstić information content (AvgIpc) is 4.10. The highest BCUT2D eigenvalue weighted by molar-refractivity contribution is 6.00. The minimum Gasteiger partial charge on any atom is -0.453 e. The molecule has 3 heterocycles. The number of aromatic nitrogens is 2. The van der Waals surface area contributed by atoms with Crippen molar-refractivity contribution < 1.29 is 51.7 Å². The van der Waals surface area contributed by atoms with Crippen LogP contribution < -0.4 is 16.0 Å². The molecular weight excluding hydrogens is 857 g/mol. The lowest BCUT2D eigenvalue weighted by molar-refractivity contribution is -0.144. The first-order valence-electron chi connectivity index (χ1n) is 22.4. The number of nitrogens with zero attached hydrogens (tertiary/aromatic N) is 3. The van der Waals surface area contributed by atoms with E-state index in [1.54, 1.807) is 54.0 Å². The Bertz CT molecular complexity index is 2550. The number of carbonyl (C=O) groups is 5. The highest BCUT2D eigenvalue weighted by atomic mass is 19.3. The van der Waals surface area contributed by atoms with Crippen LogP contribution in [-0.4, -0.2) is 121 Å². The van der Waals surface area contributed by atoms with Crippen LogP contribution in [0.2, 0.25) is 0 Å². The third-order valence-corrected chi connectivity index (χ3v) is 14.3. The van der Waals surface area contributed by atoms with Gasteiger partial charge >= 0.3 is 12.2 Å². The van der Waals surface area contributed by atoms with Gasteiger partial charge in [-0.25, -0.2) is 14.6 Å². The predicted octanol–water partition coefficient (Wildman–Crippen LogP) is 7.02. The van der Waals surface area contributed by atoms with Crippen LogP contribution in [0, 0.1) is 5.41 Å². The molecule has 0 radical (unpaired) electrons. The third kappa shape index (κ3) is 8.33. The van der Waals surface area contributed by atoms with Crippen molar-refractivity contribution in [3.8, 4) is 22.3 Å². The molecule has 18 heteroatoms. The summed E-state index contributed by atoms with van der Waals surface area (Å²) in [6.07, 6.45) is 2.09. The largest absolute Gasteiger partial charge is 0.453 e. The number of benzene rings is 3. The van der Waals surface area contributed by atoms with Gasteiger partial charge in [-0.1, -0.05) is 44.0 Å². The summed E-state index contributed by atoms with van der Waals surface area (Å²) in [5.41, 5.74) is 2.60. The summed E-state index contributed by atoms with van der Waals surface area (Å²) in [7, 11) is 5.30. The minimum atomic E-state index is -3.41. The quantitative estimate of drug-likeness (QED) is 0.115. The number of likely N-dealkylation sites (tertiary alicyclic amines) is 2. The summed E-state index contributed by atoms with van der Waals surface area (Å²) in [4.78, 5) is 78.3. The SMILES string of the molecule is COC(=O)NC(C(=O)N1[C@H]2CCCC[C@@]2(C)C[C@H]1C(=O)Nc1ccc2c(c1)C(F)(F)c1cc(-c3ccc4nc([C@@H]5CCCN5C(=O)[C@@H](NC(=O)OC)[C@@H](C)OC)[nH]c4c3)ccc1-2)[C@@H](C)OC. The molecule has 5 amide bonds. The second kappa shape index (κ2) is 18.3. The molecule has 2 saturated heterocycles. The number of halogens is 2. The molecule has 2 aliphatic carbocycles. The Morgan fingerprint density at radius 2 is 1.41 bits per heavy atom. The number of fused-ring (bicyclic) bond motifs is 5. The van der Waals surface area contributed by atoms with E-state index >= 15 is 8.78 Å². The first kappa shape index (κ1) is 46.4. The van der Waals surface area contributed by atoms with Crippen LogP contribution in [0.5, 0.6) is 0 Å². The first-order chi connectivity index (χ1) is 31.5. The number of methoxy groups -OCH3 is 4. The second-order valence-electron chi connectivity index (χ2n) is 18.1. The molecule has 8 rings (SSSR count). The molecule has 16 nitrogen and oxygen atoms in total. The Kier molecular flexibility index (Phi) is 12.8. The predicted molar refractivity (Wildman–Crippen MR) is 239 cm³/mol. The number of H-pyrrole nitrogens is 1. The van der Waals surface area contributed by atoms with E-state index in [4.69, 9.17) is 23.9 Å². The molecule has 1 unspecified atom stereocenters. The summed E-state index contributed by atoms with van der Waals surface area (Å²) in [6, 6.07) is 11.2. The van der Waals surface area contributed by atoms with Gasteiger partial charge in [-0.15, -0.1) is 0 Å². The van der Waals surface area contributed by atoms with Crippen LogP contribution in [-0.2, 0) is 39.3 Å². The van der Waals surface area contributed by atoms with Crippen LogP contribution in [0.4, 0.5) is 24.1 Å². The number of aromatic amines is 1. The number of hydrogen-bond acceptors (Lipinski definition) is 10. The van der Waals surface area contributed by atoms with Crippen LogP contribution in [0.3, 0.4) is 0 Å². The number of rotatable bonds is 12. The number of alkyl halides is 2. The summed E-state index contributed by atoms with van der Waals surface area (Å²) in [5, 5.41) is 8.04. The van der Waals surface area contributed by atoms with Gasteiger partial charge in [0.05, 0.1) is 43.5 Å². The molecule has 0 bridgehead atoms. The molecule has 66 heavy (non-hydrogen) atoms. The maximum atomic E-state index is 16.6. The fraction of sp³-hybridized carbons (Fsp3) is 0.500. The van der Waals surface area contributed by atoms with Gasteiger partial charge in [0.1, 0.15) is 23.9 Å². The standard InChI is InChI=1S/C48H57F2N7O9/c1-25(63-4)39(54-45(61)65-6)43(59)56-20-10-11-36(56)41-52-34-18-14-28(22-35(34)53-41)27-13-16-30-31-17-15-29(23-33(31)48(49,50)32(30)21-27)51-42(58)37-24-47(3)19-9-8-12-38(47)57(37)44(60)40(26(2)64-5)55-46(62)66-7/h13-18,21-23,25-26,36-40H,8-12,19-20,24H2,1-7H3,(H,51,58)(H,52,53)(H,54,61)(H,55,62)/t25-,26-,36+,37+,38+,39+,40?,47+/m1/s1. The zero-order chi connectivity index (χ0) is 47.2. The van der Waals surface area contributed by atoms with Gasteiger partial charge in [0.15, 0.2) is 0 Å². The van der Waals surface area contributed by atoms with Crippen molar-refractivity contribution in [3.05, 3.63) is 71.5 Å². The summed E-state index contributed by atoms with van der Waals surface area (Å²) in [6.45, 7) is 5.86. The number of imidazole rings is 1. The highest BCUT2D eigenvalue weighted by Gasteiger charge is 2.56. The number of ether oxygens (including phenoxy) is 4. The van der Waals surface area contributed by atoms with E-state index in [-0.39, 0.29) is 34.2 Å². The lowest BCUT2D eigenvalue weighted by Crippen LogP contribution is -2.59. The Labute approximate surface area is 381 Å². The van der Waals surface area contributed by atoms with Crippen molar-refractivity contribution in [2.45, 2.75) is 114 Å². The fourth-order valence-corrected chi connectivity index (χ4v) is 10.5. The smallest absolute Gasteiger partial charge is 0.407 e. The van der Waals surface area contributed by atoms with Crippen molar-refractivity contribution in [2.24, 2.45) is 5.41 Å². The van der Waals surface area contributed by atoms with Crippen molar-refractivity contribution in [1.29, 1.82) is 0 Å². The molecule has 4 N–H and O–H groups in total. The molecular formula is C48H57F2N7O9.